The van der Waals surface area contributed by atoms with Crippen molar-refractivity contribution in [3.63, 3.8) is 0 Å². The van der Waals surface area contributed by atoms with Crippen molar-refractivity contribution in [1.82, 2.24) is 0 Å². The summed E-state index contributed by atoms with van der Waals surface area (Å²) in [4.78, 5) is 0.0416. The fraction of sp³-hybridized carbons (Fsp3) is 0.857. The van der Waals surface area contributed by atoms with Crippen LogP contribution in [0.1, 0.15) is 6.92 Å². The van der Waals surface area contributed by atoms with Gasteiger partial charge >= 0.3 is 0 Å². The van der Waals surface area contributed by atoms with Gasteiger partial charge in [-0.05, 0) is 6.92 Å². The lowest BCUT2D eigenvalue weighted by Gasteiger charge is -2.21. The van der Waals surface area contributed by atoms with Crippen LogP contribution in [-0.2, 0) is 9.47 Å². The topological polar surface area (TPSA) is 64.7 Å². The first-order valence-corrected chi connectivity index (χ1v) is 4.00. The quantitative estimate of drug-likeness (QED) is 0.447. The van der Waals surface area contributed by atoms with Gasteiger partial charge in [-0.1, -0.05) is 12.2 Å². The molecule has 0 saturated heterocycles. The molecule has 0 amide bonds. The largest absolute Gasteiger partial charge is 0.391 e. The first-order valence-electron chi connectivity index (χ1n) is 3.59. The van der Waals surface area contributed by atoms with E-state index in [0.717, 1.165) is 0 Å². The van der Waals surface area contributed by atoms with E-state index in [1.807, 2.05) is 0 Å². The zero-order valence-corrected chi connectivity index (χ0v) is 8.19. The summed E-state index contributed by atoms with van der Waals surface area (Å²) < 4.78 is 9.80. The molecule has 0 fully saturated rings. The number of nitrogens with two attached hydrogens (primary N) is 1. The standard InChI is InChI=1S/C7H15NO3S/c1-7(9,6(8)12)5-11-4-3-10-2/h9H,3-5H2,1-2H3,(H2,8,12). The number of ether oxygens (including phenoxy) is 2. The number of aliphatic hydroxyl groups is 1. The van der Waals surface area contributed by atoms with Gasteiger partial charge in [0.2, 0.25) is 0 Å². The Balaban J connectivity index is 3.54. The Morgan fingerprint density at radius 1 is 1.58 bits per heavy atom. The molecule has 1 unspecified atom stereocenters. The summed E-state index contributed by atoms with van der Waals surface area (Å²) in [7, 11) is 1.58. The van der Waals surface area contributed by atoms with Crippen molar-refractivity contribution < 1.29 is 14.6 Å². The molecule has 1 atom stereocenters. The molecule has 4 nitrogen and oxygen atoms in total. The summed E-state index contributed by atoms with van der Waals surface area (Å²) in [5, 5.41) is 9.46. The molecular weight excluding hydrogens is 178 g/mol. The van der Waals surface area contributed by atoms with Crippen molar-refractivity contribution in [2.75, 3.05) is 26.9 Å². The average Bonchev–Trinajstić information content (AvgIpc) is 1.98. The Labute approximate surface area is 77.6 Å². The molecular formula is C7H15NO3S. The summed E-state index contributed by atoms with van der Waals surface area (Å²) in [6.45, 7) is 2.54. The highest BCUT2D eigenvalue weighted by atomic mass is 32.1. The van der Waals surface area contributed by atoms with E-state index >= 15 is 0 Å². The van der Waals surface area contributed by atoms with E-state index in [0.29, 0.717) is 13.2 Å². The number of hydrogen-bond acceptors (Lipinski definition) is 4. The first kappa shape index (κ1) is 11.8. The molecule has 3 N–H and O–H groups in total. The zero-order valence-electron chi connectivity index (χ0n) is 7.37. The number of thiocarbonyl (C=S) groups is 1. The van der Waals surface area contributed by atoms with Gasteiger partial charge in [0.05, 0.1) is 19.8 Å². The second kappa shape index (κ2) is 5.42. The van der Waals surface area contributed by atoms with Crippen LogP contribution in [0, 0.1) is 0 Å². The highest BCUT2D eigenvalue weighted by Crippen LogP contribution is 2.03. The van der Waals surface area contributed by atoms with Gasteiger partial charge in [-0.2, -0.15) is 0 Å². The number of methoxy groups -OCH3 is 1. The summed E-state index contributed by atoms with van der Waals surface area (Å²) >= 11 is 4.63. The fourth-order valence-electron chi connectivity index (χ4n) is 0.484. The third-order valence-corrected chi connectivity index (χ3v) is 1.79. The van der Waals surface area contributed by atoms with Crippen LogP contribution in [-0.4, -0.2) is 42.6 Å². The SMILES string of the molecule is COCCOCC(C)(O)C(N)=S. The second-order valence-electron chi connectivity index (χ2n) is 2.68. The lowest BCUT2D eigenvalue weighted by Crippen LogP contribution is -2.43. The van der Waals surface area contributed by atoms with Gasteiger partial charge in [0.25, 0.3) is 0 Å². The molecule has 0 bridgehead atoms. The van der Waals surface area contributed by atoms with Gasteiger partial charge in [0, 0.05) is 7.11 Å². The summed E-state index contributed by atoms with van der Waals surface area (Å²) in [5.41, 5.74) is 4.04. The van der Waals surface area contributed by atoms with Crippen molar-refractivity contribution in [1.29, 1.82) is 0 Å². The van der Waals surface area contributed by atoms with Crippen LogP contribution >= 0.6 is 12.2 Å². The Kier molecular flexibility index (Phi) is 5.32. The van der Waals surface area contributed by atoms with Crippen LogP contribution in [0.2, 0.25) is 0 Å². The van der Waals surface area contributed by atoms with Gasteiger partial charge in [-0.3, -0.25) is 0 Å². The van der Waals surface area contributed by atoms with Gasteiger partial charge < -0.3 is 20.3 Å². The molecule has 0 aliphatic heterocycles. The molecule has 0 radical (unpaired) electrons. The van der Waals surface area contributed by atoms with Crippen LogP contribution < -0.4 is 5.73 Å². The van der Waals surface area contributed by atoms with Gasteiger partial charge in [0.1, 0.15) is 10.6 Å². The predicted molar refractivity (Wildman–Crippen MR) is 50.1 cm³/mol. The van der Waals surface area contributed by atoms with Crippen molar-refractivity contribution >= 4 is 17.2 Å². The highest BCUT2D eigenvalue weighted by molar-refractivity contribution is 7.80. The minimum atomic E-state index is -1.22. The molecule has 0 spiro atoms. The molecule has 72 valence electrons. The summed E-state index contributed by atoms with van der Waals surface area (Å²) in [6, 6.07) is 0. The maximum atomic E-state index is 9.46. The Morgan fingerprint density at radius 2 is 2.17 bits per heavy atom. The van der Waals surface area contributed by atoms with Crippen LogP contribution in [0.4, 0.5) is 0 Å². The minimum Gasteiger partial charge on any atom is -0.391 e. The molecule has 0 aliphatic rings. The monoisotopic (exact) mass is 193 g/mol. The van der Waals surface area contributed by atoms with Crippen LogP contribution in [0.15, 0.2) is 0 Å². The molecule has 0 aromatic carbocycles. The molecule has 0 aromatic rings. The first-order chi connectivity index (χ1) is 5.50. The summed E-state index contributed by atoms with van der Waals surface area (Å²) in [6.07, 6.45) is 0. The molecule has 0 saturated carbocycles. The van der Waals surface area contributed by atoms with E-state index in [-0.39, 0.29) is 11.6 Å². The molecule has 0 rings (SSSR count). The van der Waals surface area contributed by atoms with Gasteiger partial charge in [0.15, 0.2) is 0 Å². The van der Waals surface area contributed by atoms with Gasteiger partial charge in [-0.15, -0.1) is 0 Å². The van der Waals surface area contributed by atoms with Gasteiger partial charge in [-0.25, -0.2) is 0 Å². The van der Waals surface area contributed by atoms with E-state index in [1.54, 1.807) is 7.11 Å². The Morgan fingerprint density at radius 3 is 2.58 bits per heavy atom. The van der Waals surface area contributed by atoms with Crippen molar-refractivity contribution in [2.45, 2.75) is 12.5 Å². The van der Waals surface area contributed by atoms with Crippen molar-refractivity contribution in [3.8, 4) is 0 Å². The molecule has 0 heterocycles. The van der Waals surface area contributed by atoms with E-state index in [4.69, 9.17) is 15.2 Å². The number of hydrogen-bond donors (Lipinski definition) is 2. The predicted octanol–water partition coefficient (Wildman–Crippen LogP) is -0.313. The average molecular weight is 193 g/mol. The third kappa shape index (κ3) is 4.61. The fourth-order valence-corrected chi connectivity index (χ4v) is 0.543. The summed E-state index contributed by atoms with van der Waals surface area (Å²) in [5.74, 6) is 0. The van der Waals surface area contributed by atoms with Crippen LogP contribution in [0.5, 0.6) is 0 Å². The number of rotatable bonds is 6. The third-order valence-electron chi connectivity index (χ3n) is 1.35. The molecule has 12 heavy (non-hydrogen) atoms. The molecule has 5 heteroatoms. The lowest BCUT2D eigenvalue weighted by molar-refractivity contribution is -0.00567. The normalized spacial score (nSPS) is 15.6. The van der Waals surface area contributed by atoms with Crippen molar-refractivity contribution in [2.24, 2.45) is 5.73 Å². The highest BCUT2D eigenvalue weighted by Gasteiger charge is 2.23. The molecule has 0 aliphatic carbocycles. The maximum absolute atomic E-state index is 9.46. The Bertz CT molecular complexity index is 150. The van der Waals surface area contributed by atoms with Crippen LogP contribution in [0.3, 0.4) is 0 Å². The maximum Gasteiger partial charge on any atom is 0.135 e. The van der Waals surface area contributed by atoms with Crippen LogP contribution in [0.25, 0.3) is 0 Å². The second-order valence-corrected chi connectivity index (χ2v) is 3.12. The minimum absolute atomic E-state index is 0.0416. The smallest absolute Gasteiger partial charge is 0.135 e. The molecule has 0 aromatic heterocycles. The zero-order chi connectivity index (χ0) is 9.61. The van der Waals surface area contributed by atoms with E-state index in [2.05, 4.69) is 12.2 Å². The van der Waals surface area contributed by atoms with E-state index in [9.17, 15) is 5.11 Å². The van der Waals surface area contributed by atoms with E-state index in [1.165, 1.54) is 6.92 Å². The van der Waals surface area contributed by atoms with E-state index < -0.39 is 5.60 Å². The van der Waals surface area contributed by atoms with Crippen molar-refractivity contribution in [3.05, 3.63) is 0 Å². The lowest BCUT2D eigenvalue weighted by atomic mass is 10.1. The Hall–Kier alpha value is -0.230.